The van der Waals surface area contributed by atoms with E-state index in [2.05, 4.69) is 0 Å². The van der Waals surface area contributed by atoms with E-state index in [1.807, 2.05) is 55.5 Å². The van der Waals surface area contributed by atoms with Crippen LogP contribution < -0.4 is 4.74 Å². The van der Waals surface area contributed by atoms with Gasteiger partial charge in [-0.05, 0) is 36.2 Å². The summed E-state index contributed by atoms with van der Waals surface area (Å²) in [5.41, 5.74) is 2.10. The summed E-state index contributed by atoms with van der Waals surface area (Å²) in [4.78, 5) is 14.4. The van der Waals surface area contributed by atoms with Crippen molar-refractivity contribution in [2.24, 2.45) is 0 Å². The van der Waals surface area contributed by atoms with Crippen LogP contribution >= 0.6 is 11.6 Å². The van der Waals surface area contributed by atoms with E-state index in [-0.39, 0.29) is 11.9 Å². The Morgan fingerprint density at radius 3 is 2.77 bits per heavy atom. The maximum atomic E-state index is 12.7. The second kappa shape index (κ2) is 6.01. The molecule has 2 aromatic carbocycles. The SMILES string of the molecule is CC(c1cccc(Cl)c1)N(C)C(=O)C1Cc2ccccc2O1. The Balaban J connectivity index is 1.73. The summed E-state index contributed by atoms with van der Waals surface area (Å²) in [6, 6.07) is 15.3. The highest BCUT2D eigenvalue weighted by Crippen LogP contribution is 2.30. The highest BCUT2D eigenvalue weighted by molar-refractivity contribution is 6.30. The van der Waals surface area contributed by atoms with Gasteiger partial charge in [-0.2, -0.15) is 0 Å². The van der Waals surface area contributed by atoms with Crippen molar-refractivity contribution < 1.29 is 9.53 Å². The minimum atomic E-state index is -0.441. The molecule has 0 radical (unpaired) electrons. The molecule has 1 heterocycles. The number of carbonyl (C=O) groups excluding carboxylic acids is 1. The van der Waals surface area contributed by atoms with Crippen LogP contribution in [-0.4, -0.2) is 24.0 Å². The van der Waals surface area contributed by atoms with Crippen LogP contribution in [0.5, 0.6) is 5.75 Å². The Bertz CT molecular complexity index is 676. The molecular weight excluding hydrogens is 298 g/mol. The molecule has 0 N–H and O–H groups in total. The van der Waals surface area contributed by atoms with Gasteiger partial charge < -0.3 is 9.64 Å². The van der Waals surface area contributed by atoms with Gasteiger partial charge >= 0.3 is 0 Å². The zero-order chi connectivity index (χ0) is 15.7. The molecule has 0 spiro atoms. The molecule has 1 amide bonds. The number of benzene rings is 2. The van der Waals surface area contributed by atoms with Gasteiger partial charge in [-0.3, -0.25) is 4.79 Å². The quantitative estimate of drug-likeness (QED) is 0.860. The molecule has 0 aromatic heterocycles. The third kappa shape index (κ3) is 2.81. The van der Waals surface area contributed by atoms with Gasteiger partial charge in [0.2, 0.25) is 0 Å². The number of rotatable bonds is 3. The van der Waals surface area contributed by atoms with E-state index in [9.17, 15) is 4.79 Å². The third-order valence-corrected chi connectivity index (χ3v) is 4.42. The van der Waals surface area contributed by atoms with E-state index in [1.165, 1.54) is 0 Å². The smallest absolute Gasteiger partial charge is 0.264 e. The Morgan fingerprint density at radius 1 is 1.27 bits per heavy atom. The van der Waals surface area contributed by atoms with E-state index in [0.717, 1.165) is 16.9 Å². The molecule has 22 heavy (non-hydrogen) atoms. The fraction of sp³-hybridized carbons (Fsp3) is 0.278. The standard InChI is InChI=1S/C18H18ClNO2/c1-12(13-7-5-8-15(19)10-13)20(2)18(21)17-11-14-6-3-4-9-16(14)22-17/h3-10,12,17H,11H2,1-2H3. The van der Waals surface area contributed by atoms with Crippen molar-refractivity contribution in [1.29, 1.82) is 0 Å². The molecule has 114 valence electrons. The summed E-state index contributed by atoms with van der Waals surface area (Å²) < 4.78 is 5.78. The van der Waals surface area contributed by atoms with Gasteiger partial charge in [0.1, 0.15) is 5.75 Å². The van der Waals surface area contributed by atoms with Gasteiger partial charge in [0.15, 0.2) is 6.10 Å². The van der Waals surface area contributed by atoms with E-state index in [4.69, 9.17) is 16.3 Å². The van der Waals surface area contributed by atoms with E-state index >= 15 is 0 Å². The van der Waals surface area contributed by atoms with Gasteiger partial charge in [-0.25, -0.2) is 0 Å². The number of nitrogens with zero attached hydrogens (tertiary/aromatic N) is 1. The van der Waals surface area contributed by atoms with Crippen LogP contribution in [0.1, 0.15) is 24.1 Å². The highest BCUT2D eigenvalue weighted by Gasteiger charge is 2.32. The molecule has 0 fully saturated rings. The van der Waals surface area contributed by atoms with Crippen LogP contribution in [0.15, 0.2) is 48.5 Å². The van der Waals surface area contributed by atoms with Crippen molar-refractivity contribution in [1.82, 2.24) is 4.90 Å². The molecule has 0 saturated carbocycles. The lowest BCUT2D eigenvalue weighted by Gasteiger charge is -2.27. The van der Waals surface area contributed by atoms with E-state index in [1.54, 1.807) is 11.9 Å². The highest BCUT2D eigenvalue weighted by atomic mass is 35.5. The van der Waals surface area contributed by atoms with Gasteiger partial charge in [-0.1, -0.05) is 41.9 Å². The molecule has 3 nitrogen and oxygen atoms in total. The summed E-state index contributed by atoms with van der Waals surface area (Å²) in [5.74, 6) is 0.799. The lowest BCUT2D eigenvalue weighted by atomic mass is 10.1. The number of likely N-dealkylation sites (N-methyl/N-ethyl adjacent to an activating group) is 1. The number of halogens is 1. The number of hydrogen-bond donors (Lipinski definition) is 0. The maximum Gasteiger partial charge on any atom is 0.264 e. The lowest BCUT2D eigenvalue weighted by molar-refractivity contribution is -0.138. The Hall–Kier alpha value is -2.00. The largest absolute Gasteiger partial charge is 0.480 e. The van der Waals surface area contributed by atoms with E-state index in [0.29, 0.717) is 11.4 Å². The molecule has 3 rings (SSSR count). The minimum Gasteiger partial charge on any atom is -0.480 e. The van der Waals surface area contributed by atoms with Crippen molar-refractivity contribution in [3.63, 3.8) is 0 Å². The second-order valence-electron chi connectivity index (χ2n) is 5.60. The molecule has 1 aliphatic rings. The van der Waals surface area contributed by atoms with Crippen LogP contribution in [0, 0.1) is 0 Å². The fourth-order valence-electron chi connectivity index (χ4n) is 2.73. The average Bonchev–Trinajstić information content (AvgIpc) is 2.96. The molecule has 2 aromatic rings. The summed E-state index contributed by atoms with van der Waals surface area (Å²) >= 11 is 6.03. The van der Waals surface area contributed by atoms with Crippen LogP contribution in [0.4, 0.5) is 0 Å². The predicted molar refractivity (Wildman–Crippen MR) is 87.2 cm³/mol. The third-order valence-electron chi connectivity index (χ3n) is 4.18. The number of hydrogen-bond acceptors (Lipinski definition) is 2. The second-order valence-corrected chi connectivity index (χ2v) is 6.03. The van der Waals surface area contributed by atoms with Gasteiger partial charge in [0.25, 0.3) is 5.91 Å². The molecule has 4 heteroatoms. The average molecular weight is 316 g/mol. The topological polar surface area (TPSA) is 29.5 Å². The monoisotopic (exact) mass is 315 g/mol. The number of fused-ring (bicyclic) bond motifs is 1. The first kappa shape index (κ1) is 14.9. The number of para-hydroxylation sites is 1. The first-order valence-electron chi connectivity index (χ1n) is 7.33. The molecule has 0 saturated heterocycles. The van der Waals surface area contributed by atoms with Gasteiger partial charge in [-0.15, -0.1) is 0 Å². The van der Waals surface area contributed by atoms with Crippen molar-refractivity contribution in [3.8, 4) is 5.75 Å². The predicted octanol–water partition coefficient (Wildman–Crippen LogP) is 3.86. The number of ether oxygens (including phenoxy) is 1. The van der Waals surface area contributed by atoms with Crippen molar-refractivity contribution in [2.75, 3.05) is 7.05 Å². The van der Waals surface area contributed by atoms with Gasteiger partial charge in [0, 0.05) is 18.5 Å². The van der Waals surface area contributed by atoms with Crippen molar-refractivity contribution in [3.05, 3.63) is 64.7 Å². The first-order chi connectivity index (χ1) is 10.6. The molecule has 0 aliphatic carbocycles. The van der Waals surface area contributed by atoms with Crippen molar-refractivity contribution >= 4 is 17.5 Å². The van der Waals surface area contributed by atoms with Crippen LogP contribution in [-0.2, 0) is 11.2 Å². The Kier molecular flexibility index (Phi) is 4.08. The van der Waals surface area contributed by atoms with Crippen molar-refractivity contribution in [2.45, 2.75) is 25.5 Å². The summed E-state index contributed by atoms with van der Waals surface area (Å²) in [7, 11) is 1.81. The van der Waals surface area contributed by atoms with Crippen LogP contribution in [0.25, 0.3) is 0 Å². The Labute approximate surface area is 135 Å². The zero-order valence-electron chi connectivity index (χ0n) is 12.6. The summed E-state index contributed by atoms with van der Waals surface area (Å²) in [6.07, 6.45) is 0.186. The number of amides is 1. The molecule has 2 unspecified atom stereocenters. The van der Waals surface area contributed by atoms with Crippen LogP contribution in [0.3, 0.4) is 0 Å². The number of carbonyl (C=O) groups is 1. The zero-order valence-corrected chi connectivity index (χ0v) is 13.4. The molecule has 2 atom stereocenters. The van der Waals surface area contributed by atoms with E-state index < -0.39 is 6.10 Å². The normalized spacial score (nSPS) is 17.5. The molecule has 1 aliphatic heterocycles. The summed E-state index contributed by atoms with van der Waals surface area (Å²) in [5, 5.41) is 0.676. The first-order valence-corrected chi connectivity index (χ1v) is 7.71. The lowest BCUT2D eigenvalue weighted by Crippen LogP contribution is -2.40. The Morgan fingerprint density at radius 2 is 2.05 bits per heavy atom. The minimum absolute atomic E-state index is 0.0105. The maximum absolute atomic E-state index is 12.7. The summed E-state index contributed by atoms with van der Waals surface area (Å²) in [6.45, 7) is 1.99. The molecular formula is C18H18ClNO2. The molecule has 0 bridgehead atoms. The van der Waals surface area contributed by atoms with Gasteiger partial charge in [0.05, 0.1) is 6.04 Å². The van der Waals surface area contributed by atoms with Crippen LogP contribution in [0.2, 0.25) is 5.02 Å². The fourth-order valence-corrected chi connectivity index (χ4v) is 2.93.